The molecule has 0 fully saturated rings. The second kappa shape index (κ2) is 3.18. The van der Waals surface area contributed by atoms with Crippen LogP contribution in [0.2, 0.25) is 0 Å². The van der Waals surface area contributed by atoms with Crippen LogP contribution in [0, 0.1) is 0 Å². The smallest absolute Gasteiger partial charge is 0.253 e. The molecule has 1 aliphatic heterocycles. The van der Waals surface area contributed by atoms with E-state index in [1.54, 1.807) is 19.0 Å². The van der Waals surface area contributed by atoms with Gasteiger partial charge in [-0.15, -0.1) is 0 Å². The molecule has 0 spiro atoms. The van der Waals surface area contributed by atoms with Crippen molar-refractivity contribution in [2.75, 3.05) is 14.1 Å². The quantitative estimate of drug-likeness (QED) is 0.759. The summed E-state index contributed by atoms with van der Waals surface area (Å²) in [4.78, 5) is 13.1. The summed E-state index contributed by atoms with van der Waals surface area (Å²) in [6, 6.07) is 7.59. The van der Waals surface area contributed by atoms with Crippen molar-refractivity contribution < 1.29 is 4.79 Å². The van der Waals surface area contributed by atoms with Crippen molar-refractivity contribution in [3.05, 3.63) is 41.6 Å². The Morgan fingerprint density at radius 3 is 2.21 bits per heavy atom. The SMILES string of the molecule is CN(C)C(=O)c1ccc(C2=CN2)cc1. The lowest BCUT2D eigenvalue weighted by molar-refractivity contribution is 0.0827. The Morgan fingerprint density at radius 2 is 1.79 bits per heavy atom. The summed E-state index contributed by atoms with van der Waals surface area (Å²) in [5.41, 5.74) is 2.98. The van der Waals surface area contributed by atoms with Gasteiger partial charge in [-0.2, -0.15) is 0 Å². The van der Waals surface area contributed by atoms with Crippen molar-refractivity contribution >= 4 is 11.6 Å². The Hall–Kier alpha value is -1.77. The topological polar surface area (TPSA) is 42.2 Å². The average Bonchev–Trinajstić information content (AvgIpc) is 3.00. The lowest BCUT2D eigenvalue weighted by Crippen LogP contribution is -2.21. The first-order chi connectivity index (χ1) is 6.68. The number of hydrogen-bond donors (Lipinski definition) is 1. The lowest BCUT2D eigenvalue weighted by atomic mass is 10.1. The molecule has 1 aromatic rings. The van der Waals surface area contributed by atoms with Crippen LogP contribution < -0.4 is 5.32 Å². The Morgan fingerprint density at radius 1 is 1.21 bits per heavy atom. The van der Waals surface area contributed by atoms with Gasteiger partial charge >= 0.3 is 0 Å². The minimum Gasteiger partial charge on any atom is -0.358 e. The van der Waals surface area contributed by atoms with Gasteiger partial charge in [0.05, 0.1) is 5.70 Å². The van der Waals surface area contributed by atoms with Crippen LogP contribution in [0.15, 0.2) is 30.5 Å². The number of nitrogens with zero attached hydrogens (tertiary/aromatic N) is 1. The van der Waals surface area contributed by atoms with Gasteiger partial charge in [0.2, 0.25) is 0 Å². The maximum Gasteiger partial charge on any atom is 0.253 e. The zero-order valence-electron chi connectivity index (χ0n) is 8.24. The van der Waals surface area contributed by atoms with E-state index in [1.807, 2.05) is 30.5 Å². The van der Waals surface area contributed by atoms with Crippen LogP contribution in [0.1, 0.15) is 15.9 Å². The van der Waals surface area contributed by atoms with Crippen LogP contribution in [-0.2, 0) is 0 Å². The molecule has 0 saturated heterocycles. The molecule has 3 heteroatoms. The second-order valence-electron chi connectivity index (χ2n) is 3.48. The molecule has 0 saturated carbocycles. The molecule has 2 rings (SSSR count). The minimum absolute atomic E-state index is 0.0364. The normalized spacial score (nSPS) is 12.9. The van der Waals surface area contributed by atoms with Crippen LogP contribution in [0.5, 0.6) is 0 Å². The van der Waals surface area contributed by atoms with Gasteiger partial charge in [-0.05, 0) is 17.7 Å². The van der Waals surface area contributed by atoms with E-state index in [1.165, 1.54) is 0 Å². The summed E-state index contributed by atoms with van der Waals surface area (Å²) in [5, 5.41) is 3.02. The number of hydrogen-bond acceptors (Lipinski definition) is 2. The van der Waals surface area contributed by atoms with Crippen molar-refractivity contribution in [1.29, 1.82) is 0 Å². The number of amides is 1. The molecule has 0 aliphatic carbocycles. The number of carbonyl (C=O) groups is 1. The van der Waals surface area contributed by atoms with Gasteiger partial charge < -0.3 is 10.2 Å². The number of rotatable bonds is 2. The Bertz CT molecular complexity index is 390. The van der Waals surface area contributed by atoms with E-state index in [2.05, 4.69) is 5.32 Å². The molecule has 3 nitrogen and oxygen atoms in total. The largest absolute Gasteiger partial charge is 0.358 e. The van der Waals surface area contributed by atoms with Gasteiger partial charge in [0.1, 0.15) is 0 Å². The molecular formula is C11H12N2O. The third-order valence-electron chi connectivity index (χ3n) is 2.14. The molecule has 1 N–H and O–H groups in total. The summed E-state index contributed by atoms with van der Waals surface area (Å²) in [5.74, 6) is 0.0364. The Labute approximate surface area is 83.0 Å². The van der Waals surface area contributed by atoms with Gasteiger partial charge in [-0.3, -0.25) is 4.79 Å². The summed E-state index contributed by atoms with van der Waals surface area (Å²) in [7, 11) is 3.50. The lowest BCUT2D eigenvalue weighted by Gasteiger charge is -2.09. The van der Waals surface area contributed by atoms with Gasteiger partial charge in [0.25, 0.3) is 5.91 Å². The van der Waals surface area contributed by atoms with Gasteiger partial charge in [0, 0.05) is 25.9 Å². The van der Waals surface area contributed by atoms with Crippen LogP contribution in [0.4, 0.5) is 0 Å². The van der Waals surface area contributed by atoms with E-state index in [0.29, 0.717) is 0 Å². The summed E-state index contributed by atoms with van der Waals surface area (Å²) in [6.07, 6.45) is 1.93. The summed E-state index contributed by atoms with van der Waals surface area (Å²) in [6.45, 7) is 0. The molecule has 1 aromatic carbocycles. The summed E-state index contributed by atoms with van der Waals surface area (Å²) < 4.78 is 0. The van der Waals surface area contributed by atoms with Crippen molar-refractivity contribution in [2.45, 2.75) is 0 Å². The van der Waals surface area contributed by atoms with Gasteiger partial charge in [-0.1, -0.05) is 12.1 Å². The van der Waals surface area contributed by atoms with E-state index in [-0.39, 0.29) is 5.91 Å². The summed E-state index contributed by atoms with van der Waals surface area (Å²) >= 11 is 0. The van der Waals surface area contributed by atoms with E-state index in [4.69, 9.17) is 0 Å². The third kappa shape index (κ3) is 1.62. The monoisotopic (exact) mass is 188 g/mol. The molecule has 0 atom stereocenters. The first-order valence-corrected chi connectivity index (χ1v) is 4.47. The van der Waals surface area contributed by atoms with Crippen molar-refractivity contribution in [1.82, 2.24) is 10.2 Å². The molecule has 1 amide bonds. The standard InChI is InChI=1S/C11H12N2O/c1-13(2)11(14)9-5-3-8(4-6-9)10-7-12-10/h3-7,12H,1-2H3. The fourth-order valence-electron chi connectivity index (χ4n) is 1.25. The zero-order chi connectivity index (χ0) is 10.1. The van der Waals surface area contributed by atoms with E-state index in [0.717, 1.165) is 16.8 Å². The van der Waals surface area contributed by atoms with E-state index >= 15 is 0 Å². The van der Waals surface area contributed by atoms with Crippen molar-refractivity contribution in [3.63, 3.8) is 0 Å². The number of benzene rings is 1. The highest BCUT2D eigenvalue weighted by molar-refractivity contribution is 5.94. The Kier molecular flexibility index (Phi) is 2.00. The second-order valence-corrected chi connectivity index (χ2v) is 3.48. The molecule has 14 heavy (non-hydrogen) atoms. The van der Waals surface area contributed by atoms with Crippen LogP contribution in [0.25, 0.3) is 5.70 Å². The highest BCUT2D eigenvalue weighted by Gasteiger charge is 2.11. The van der Waals surface area contributed by atoms with Crippen molar-refractivity contribution in [3.8, 4) is 0 Å². The molecule has 0 unspecified atom stereocenters. The first kappa shape index (κ1) is 8.81. The minimum atomic E-state index is 0.0364. The molecule has 1 aliphatic rings. The molecule has 0 bridgehead atoms. The van der Waals surface area contributed by atoms with Crippen LogP contribution in [0.3, 0.4) is 0 Å². The molecule has 0 radical (unpaired) electrons. The predicted octanol–water partition coefficient (Wildman–Crippen LogP) is 1.29. The zero-order valence-corrected chi connectivity index (χ0v) is 8.24. The maximum absolute atomic E-state index is 11.5. The van der Waals surface area contributed by atoms with Gasteiger partial charge in [-0.25, -0.2) is 0 Å². The molecule has 0 aromatic heterocycles. The molecule has 1 heterocycles. The van der Waals surface area contributed by atoms with Gasteiger partial charge in [0.15, 0.2) is 0 Å². The number of nitrogens with one attached hydrogen (secondary N) is 1. The predicted molar refractivity (Wildman–Crippen MR) is 55.6 cm³/mol. The maximum atomic E-state index is 11.5. The third-order valence-corrected chi connectivity index (χ3v) is 2.14. The van der Waals surface area contributed by atoms with Crippen molar-refractivity contribution in [2.24, 2.45) is 0 Å². The van der Waals surface area contributed by atoms with E-state index < -0.39 is 0 Å². The molecule has 72 valence electrons. The van der Waals surface area contributed by atoms with E-state index in [9.17, 15) is 4.79 Å². The first-order valence-electron chi connectivity index (χ1n) is 4.47. The fraction of sp³-hybridized carbons (Fsp3) is 0.182. The Balaban J connectivity index is 2.21. The van der Waals surface area contributed by atoms with Crippen LogP contribution in [-0.4, -0.2) is 24.9 Å². The fourth-order valence-corrected chi connectivity index (χ4v) is 1.25. The molecular weight excluding hydrogens is 176 g/mol. The van der Waals surface area contributed by atoms with Crippen LogP contribution >= 0.6 is 0 Å². The highest BCUT2D eigenvalue weighted by Crippen LogP contribution is 2.19. The highest BCUT2D eigenvalue weighted by atomic mass is 16.2. The average molecular weight is 188 g/mol. The number of carbonyl (C=O) groups excluding carboxylic acids is 1.